The van der Waals surface area contributed by atoms with E-state index in [-0.39, 0.29) is 5.60 Å². The van der Waals surface area contributed by atoms with Crippen LogP contribution in [0.5, 0.6) is 0 Å². The van der Waals surface area contributed by atoms with Gasteiger partial charge in [0.25, 0.3) is 0 Å². The average Bonchev–Trinajstić information content (AvgIpc) is 3.11. The molecule has 0 radical (unpaired) electrons. The van der Waals surface area contributed by atoms with Crippen molar-refractivity contribution < 1.29 is 9.47 Å². The van der Waals surface area contributed by atoms with E-state index in [1.807, 2.05) is 43.0 Å². The third kappa shape index (κ3) is 4.72. The van der Waals surface area contributed by atoms with Gasteiger partial charge >= 0.3 is 0 Å². The van der Waals surface area contributed by atoms with Crippen LogP contribution in [0, 0.1) is 5.92 Å². The first-order valence-electron chi connectivity index (χ1n) is 10.1. The van der Waals surface area contributed by atoms with Gasteiger partial charge in [-0.2, -0.15) is 0 Å². The van der Waals surface area contributed by atoms with E-state index in [0.29, 0.717) is 12.5 Å². The molecule has 4 rings (SSSR count). The second-order valence-corrected chi connectivity index (χ2v) is 7.73. The van der Waals surface area contributed by atoms with Crippen LogP contribution in [-0.4, -0.2) is 46.8 Å². The summed E-state index contributed by atoms with van der Waals surface area (Å²) in [6.45, 7) is 5.56. The van der Waals surface area contributed by atoms with Gasteiger partial charge in [0.2, 0.25) is 0 Å². The van der Waals surface area contributed by atoms with E-state index in [4.69, 9.17) is 9.47 Å². The number of likely N-dealkylation sites (tertiary alicyclic amines) is 1. The van der Waals surface area contributed by atoms with Crippen LogP contribution < -0.4 is 0 Å². The Morgan fingerprint density at radius 1 is 1.07 bits per heavy atom. The summed E-state index contributed by atoms with van der Waals surface area (Å²) in [7, 11) is 0. The van der Waals surface area contributed by atoms with Crippen molar-refractivity contribution in [3.63, 3.8) is 0 Å². The van der Waals surface area contributed by atoms with Crippen LogP contribution in [0.3, 0.4) is 0 Å². The molecule has 5 heteroatoms. The predicted molar refractivity (Wildman–Crippen MR) is 104 cm³/mol. The van der Waals surface area contributed by atoms with Gasteiger partial charge in [0.05, 0.1) is 12.2 Å². The van der Waals surface area contributed by atoms with E-state index < -0.39 is 0 Å². The topological polar surface area (TPSA) is 47.5 Å². The molecule has 2 aromatic rings. The number of rotatable bonds is 7. The van der Waals surface area contributed by atoms with E-state index in [9.17, 15) is 0 Å². The Labute approximate surface area is 161 Å². The maximum Gasteiger partial charge on any atom is 0.0736 e. The highest BCUT2D eigenvalue weighted by molar-refractivity contribution is 5.09. The zero-order valence-corrected chi connectivity index (χ0v) is 15.9. The van der Waals surface area contributed by atoms with Gasteiger partial charge in [-0.05, 0) is 60.9 Å². The van der Waals surface area contributed by atoms with Crippen LogP contribution in [0.2, 0.25) is 0 Å². The maximum atomic E-state index is 6.31. The molecule has 27 heavy (non-hydrogen) atoms. The predicted octanol–water partition coefficient (Wildman–Crippen LogP) is 3.45. The normalized spacial score (nSPS) is 22.3. The molecule has 1 spiro atoms. The van der Waals surface area contributed by atoms with Gasteiger partial charge in [-0.3, -0.25) is 14.9 Å². The molecule has 0 aliphatic carbocycles. The van der Waals surface area contributed by atoms with Crippen LogP contribution in [-0.2, 0) is 22.6 Å². The summed E-state index contributed by atoms with van der Waals surface area (Å²) in [6.07, 6.45) is 12.0. The van der Waals surface area contributed by atoms with Crippen molar-refractivity contribution in [3.8, 4) is 0 Å². The van der Waals surface area contributed by atoms with Gasteiger partial charge in [0.1, 0.15) is 0 Å². The minimum Gasteiger partial charge on any atom is -0.377 e. The average molecular weight is 367 g/mol. The Kier molecular flexibility index (Phi) is 6.12. The van der Waals surface area contributed by atoms with Crippen LogP contribution in [0.1, 0.15) is 36.8 Å². The highest BCUT2D eigenvalue weighted by atomic mass is 16.5. The molecule has 144 valence electrons. The molecule has 2 fully saturated rings. The van der Waals surface area contributed by atoms with Crippen LogP contribution in [0.15, 0.2) is 49.1 Å². The second kappa shape index (κ2) is 8.91. The van der Waals surface area contributed by atoms with Crippen molar-refractivity contribution in [2.45, 2.75) is 44.4 Å². The zero-order chi connectivity index (χ0) is 18.4. The van der Waals surface area contributed by atoms with E-state index in [0.717, 1.165) is 52.1 Å². The largest absolute Gasteiger partial charge is 0.377 e. The van der Waals surface area contributed by atoms with Crippen LogP contribution in [0.4, 0.5) is 0 Å². The Bertz CT molecular complexity index is 687. The number of pyridine rings is 2. The summed E-state index contributed by atoms with van der Waals surface area (Å²) >= 11 is 0. The molecule has 0 unspecified atom stereocenters. The molecule has 0 bridgehead atoms. The molecular formula is C22H29N3O2. The smallest absolute Gasteiger partial charge is 0.0736 e. The first-order chi connectivity index (χ1) is 13.3. The van der Waals surface area contributed by atoms with Gasteiger partial charge in [-0.15, -0.1) is 0 Å². The number of ether oxygens (including phenoxy) is 2. The quantitative estimate of drug-likeness (QED) is 0.702. The summed E-state index contributed by atoms with van der Waals surface area (Å²) < 4.78 is 12.2. The third-order valence-corrected chi connectivity index (χ3v) is 6.06. The molecular weight excluding hydrogens is 338 g/mol. The fraction of sp³-hybridized carbons (Fsp3) is 0.545. The lowest BCUT2D eigenvalue weighted by Crippen LogP contribution is -2.47. The van der Waals surface area contributed by atoms with Gasteiger partial charge in [0, 0.05) is 57.6 Å². The highest BCUT2D eigenvalue weighted by Gasteiger charge is 2.45. The van der Waals surface area contributed by atoms with Crippen molar-refractivity contribution in [1.29, 1.82) is 0 Å². The van der Waals surface area contributed by atoms with E-state index in [2.05, 4.69) is 20.9 Å². The Hall–Kier alpha value is -1.82. The fourth-order valence-corrected chi connectivity index (χ4v) is 4.48. The SMILES string of the molecule is c1cncc(CN2CCC3(CC2)OCC[C@@H]3CCOCc2ccncc2)c1. The Morgan fingerprint density at radius 3 is 2.70 bits per heavy atom. The van der Waals surface area contributed by atoms with Gasteiger partial charge in [-0.25, -0.2) is 0 Å². The van der Waals surface area contributed by atoms with Crippen molar-refractivity contribution in [2.75, 3.05) is 26.3 Å². The number of hydrogen-bond donors (Lipinski definition) is 0. The number of nitrogens with zero attached hydrogens (tertiary/aromatic N) is 3. The lowest BCUT2D eigenvalue weighted by Gasteiger charge is -2.42. The molecule has 2 aromatic heterocycles. The minimum atomic E-state index is 0.0749. The van der Waals surface area contributed by atoms with Crippen molar-refractivity contribution >= 4 is 0 Å². The van der Waals surface area contributed by atoms with Crippen LogP contribution in [0.25, 0.3) is 0 Å². The molecule has 5 nitrogen and oxygen atoms in total. The zero-order valence-electron chi connectivity index (χ0n) is 15.9. The van der Waals surface area contributed by atoms with Gasteiger partial charge < -0.3 is 9.47 Å². The Morgan fingerprint density at radius 2 is 1.93 bits per heavy atom. The summed E-state index contributed by atoms with van der Waals surface area (Å²) in [5, 5.41) is 0. The monoisotopic (exact) mass is 367 g/mol. The van der Waals surface area contributed by atoms with E-state index >= 15 is 0 Å². The Balaban J connectivity index is 1.23. The van der Waals surface area contributed by atoms with Crippen LogP contribution >= 0.6 is 0 Å². The molecule has 0 N–H and O–H groups in total. The lowest BCUT2D eigenvalue weighted by molar-refractivity contribution is -0.0733. The summed E-state index contributed by atoms with van der Waals surface area (Å²) in [4.78, 5) is 10.8. The minimum absolute atomic E-state index is 0.0749. The summed E-state index contributed by atoms with van der Waals surface area (Å²) in [5.74, 6) is 0.621. The first-order valence-corrected chi connectivity index (χ1v) is 10.1. The molecule has 2 aliphatic rings. The second-order valence-electron chi connectivity index (χ2n) is 7.73. The number of piperidine rings is 1. The number of hydrogen-bond acceptors (Lipinski definition) is 5. The number of aromatic nitrogens is 2. The summed E-state index contributed by atoms with van der Waals surface area (Å²) in [5.41, 5.74) is 2.55. The van der Waals surface area contributed by atoms with Gasteiger partial charge in [0.15, 0.2) is 0 Å². The standard InChI is InChI=1S/C22H29N3O2/c1-2-20(16-24-9-1)17-25-12-7-22(8-13-25)21(6-15-27-22)5-14-26-18-19-3-10-23-11-4-19/h1-4,9-11,16,21H,5-8,12-15,17-18H2/t21-/m0/s1. The molecule has 0 saturated carbocycles. The molecule has 2 aliphatic heterocycles. The van der Waals surface area contributed by atoms with E-state index in [1.54, 1.807) is 0 Å². The van der Waals surface area contributed by atoms with Crippen molar-refractivity contribution in [1.82, 2.24) is 14.9 Å². The first kappa shape index (κ1) is 18.5. The molecule has 4 heterocycles. The molecule has 0 aromatic carbocycles. The maximum absolute atomic E-state index is 6.31. The van der Waals surface area contributed by atoms with Gasteiger partial charge in [-0.1, -0.05) is 6.07 Å². The van der Waals surface area contributed by atoms with Crippen molar-refractivity contribution in [3.05, 3.63) is 60.2 Å². The highest BCUT2D eigenvalue weighted by Crippen LogP contribution is 2.42. The lowest BCUT2D eigenvalue weighted by atomic mass is 9.78. The fourth-order valence-electron chi connectivity index (χ4n) is 4.48. The molecule has 2 saturated heterocycles. The third-order valence-electron chi connectivity index (χ3n) is 6.06. The molecule has 1 atom stereocenters. The van der Waals surface area contributed by atoms with Crippen molar-refractivity contribution in [2.24, 2.45) is 5.92 Å². The summed E-state index contributed by atoms with van der Waals surface area (Å²) in [6, 6.07) is 8.20. The molecule has 0 amide bonds. The van der Waals surface area contributed by atoms with E-state index in [1.165, 1.54) is 17.5 Å².